The average Bonchev–Trinajstić information content (AvgIpc) is 3.59. The summed E-state index contributed by atoms with van der Waals surface area (Å²) in [4.78, 5) is 21.8. The van der Waals surface area contributed by atoms with Gasteiger partial charge in [-0.3, -0.25) is 14.6 Å². The number of piperazine rings is 1. The van der Waals surface area contributed by atoms with Crippen molar-refractivity contribution in [2.75, 3.05) is 52.8 Å². The Morgan fingerprint density at radius 2 is 1.65 bits per heavy atom. The van der Waals surface area contributed by atoms with Crippen molar-refractivity contribution < 1.29 is 23.4 Å². The molecule has 3 aromatic rings. The maximum atomic E-state index is 12.7. The Balaban J connectivity index is 1.13. The van der Waals surface area contributed by atoms with Crippen LogP contribution in [0.2, 0.25) is 0 Å². The third-order valence-corrected chi connectivity index (χ3v) is 7.14. The fourth-order valence-electron chi connectivity index (χ4n) is 5.16. The van der Waals surface area contributed by atoms with Gasteiger partial charge in [-0.1, -0.05) is 12.1 Å². The van der Waals surface area contributed by atoms with Crippen LogP contribution in [0.1, 0.15) is 39.5 Å². The van der Waals surface area contributed by atoms with Crippen molar-refractivity contribution in [1.82, 2.24) is 14.8 Å². The van der Waals surface area contributed by atoms with E-state index in [1.165, 1.54) is 23.8 Å². The second kappa shape index (κ2) is 11.2. The lowest BCUT2D eigenvalue weighted by atomic mass is 10.1. The molecule has 1 aliphatic heterocycles. The number of hydrogen-bond donors (Lipinski definition) is 1. The molecule has 0 saturated carbocycles. The molecule has 1 saturated heterocycles. The number of nitrogens with zero attached hydrogens (tertiary/aromatic N) is 3. The molecule has 37 heavy (non-hydrogen) atoms. The molecule has 1 aliphatic carbocycles. The largest absolute Gasteiger partial charge is 0.493 e. The molecular weight excluding hydrogens is 472 g/mol. The van der Waals surface area contributed by atoms with Gasteiger partial charge in [-0.15, -0.1) is 0 Å². The standard InChI is InChI=1S/C28H34N4O5/c1-34-24-10-8-21(26(35-2)27(24)36-3)16-31-11-13-32(14-12-31)17-25-30-23(18-37-25)28(33)29-22-9-7-19-5-4-6-20(19)15-22/h7-10,15,18H,4-6,11-14,16-17H2,1-3H3,(H,29,33). The molecule has 0 atom stereocenters. The fourth-order valence-corrected chi connectivity index (χ4v) is 5.16. The van der Waals surface area contributed by atoms with Gasteiger partial charge in [-0.05, 0) is 48.6 Å². The Morgan fingerprint density at radius 1 is 0.919 bits per heavy atom. The highest BCUT2D eigenvalue weighted by Gasteiger charge is 2.23. The lowest BCUT2D eigenvalue weighted by molar-refractivity contribution is 0.102. The van der Waals surface area contributed by atoms with Crippen LogP contribution in [-0.4, -0.2) is 68.2 Å². The zero-order chi connectivity index (χ0) is 25.8. The number of nitrogens with one attached hydrogen (secondary N) is 1. The van der Waals surface area contributed by atoms with Crippen molar-refractivity contribution in [3.8, 4) is 17.2 Å². The number of carbonyl (C=O) groups excluding carboxylic acids is 1. The van der Waals surface area contributed by atoms with Crippen LogP contribution in [0.15, 0.2) is 41.0 Å². The maximum absolute atomic E-state index is 12.7. The summed E-state index contributed by atoms with van der Waals surface area (Å²) in [6.07, 6.45) is 4.81. The molecule has 0 spiro atoms. The van der Waals surface area contributed by atoms with Gasteiger partial charge in [0.25, 0.3) is 5.91 Å². The van der Waals surface area contributed by atoms with Crippen molar-refractivity contribution in [2.45, 2.75) is 32.4 Å². The number of hydrogen-bond acceptors (Lipinski definition) is 8. The zero-order valence-electron chi connectivity index (χ0n) is 21.7. The number of ether oxygens (including phenoxy) is 3. The second-order valence-electron chi connectivity index (χ2n) is 9.46. The van der Waals surface area contributed by atoms with Crippen molar-refractivity contribution in [1.29, 1.82) is 0 Å². The van der Waals surface area contributed by atoms with Crippen LogP contribution in [-0.2, 0) is 25.9 Å². The van der Waals surface area contributed by atoms with Crippen molar-refractivity contribution in [3.05, 3.63) is 64.9 Å². The minimum Gasteiger partial charge on any atom is -0.493 e. The number of anilines is 1. The third-order valence-electron chi connectivity index (χ3n) is 7.14. The molecule has 1 N–H and O–H groups in total. The van der Waals surface area contributed by atoms with E-state index in [4.69, 9.17) is 18.6 Å². The summed E-state index contributed by atoms with van der Waals surface area (Å²) in [5, 5.41) is 2.95. The number of aromatic nitrogens is 1. The predicted octanol–water partition coefficient (Wildman–Crippen LogP) is 3.76. The second-order valence-corrected chi connectivity index (χ2v) is 9.46. The molecule has 1 aromatic heterocycles. The first-order valence-electron chi connectivity index (χ1n) is 12.7. The molecule has 0 unspecified atom stereocenters. The lowest BCUT2D eigenvalue weighted by Crippen LogP contribution is -2.45. The highest BCUT2D eigenvalue weighted by molar-refractivity contribution is 6.02. The number of carbonyl (C=O) groups is 1. The Hall–Kier alpha value is -3.56. The molecular formula is C28H34N4O5. The summed E-state index contributed by atoms with van der Waals surface area (Å²) in [5.41, 5.74) is 4.86. The van der Waals surface area contributed by atoms with E-state index in [1.807, 2.05) is 18.2 Å². The molecule has 2 heterocycles. The highest BCUT2D eigenvalue weighted by atomic mass is 16.5. The van der Waals surface area contributed by atoms with Gasteiger partial charge in [0.2, 0.25) is 11.6 Å². The first-order valence-corrected chi connectivity index (χ1v) is 12.7. The number of fused-ring (bicyclic) bond motifs is 1. The summed E-state index contributed by atoms with van der Waals surface area (Å²) in [6.45, 7) is 4.85. The van der Waals surface area contributed by atoms with E-state index in [0.717, 1.165) is 56.8 Å². The van der Waals surface area contributed by atoms with E-state index in [0.29, 0.717) is 35.4 Å². The molecule has 2 aliphatic rings. The first kappa shape index (κ1) is 25.1. The first-order chi connectivity index (χ1) is 18.1. The molecule has 9 nitrogen and oxygen atoms in total. The Kier molecular flexibility index (Phi) is 7.62. The summed E-state index contributed by atoms with van der Waals surface area (Å²) in [7, 11) is 4.89. The van der Waals surface area contributed by atoms with Crippen LogP contribution < -0.4 is 19.5 Å². The minimum atomic E-state index is -0.248. The molecule has 1 fully saturated rings. The summed E-state index contributed by atoms with van der Waals surface area (Å²) >= 11 is 0. The minimum absolute atomic E-state index is 0.248. The zero-order valence-corrected chi connectivity index (χ0v) is 21.7. The topological polar surface area (TPSA) is 89.3 Å². The molecule has 9 heteroatoms. The summed E-state index contributed by atoms with van der Waals surface area (Å²) in [5.74, 6) is 2.27. The summed E-state index contributed by atoms with van der Waals surface area (Å²) < 4.78 is 22.2. The third kappa shape index (κ3) is 5.57. The van der Waals surface area contributed by atoms with Crippen LogP contribution in [0.4, 0.5) is 5.69 Å². The molecule has 196 valence electrons. The van der Waals surface area contributed by atoms with Crippen LogP contribution in [0.25, 0.3) is 0 Å². The lowest BCUT2D eigenvalue weighted by Gasteiger charge is -2.34. The van der Waals surface area contributed by atoms with Crippen LogP contribution in [0.3, 0.4) is 0 Å². The molecule has 1 amide bonds. The van der Waals surface area contributed by atoms with Crippen LogP contribution in [0, 0.1) is 0 Å². The van der Waals surface area contributed by atoms with E-state index in [-0.39, 0.29) is 5.91 Å². The number of amides is 1. The van der Waals surface area contributed by atoms with E-state index in [2.05, 4.69) is 32.2 Å². The number of methoxy groups -OCH3 is 3. The van der Waals surface area contributed by atoms with Crippen LogP contribution in [0.5, 0.6) is 17.2 Å². The van der Waals surface area contributed by atoms with E-state index in [9.17, 15) is 4.79 Å². The van der Waals surface area contributed by atoms with Gasteiger partial charge in [-0.2, -0.15) is 0 Å². The Bertz CT molecular complexity index is 1250. The van der Waals surface area contributed by atoms with Gasteiger partial charge in [0.05, 0.1) is 27.9 Å². The predicted molar refractivity (Wildman–Crippen MR) is 140 cm³/mol. The Labute approximate surface area is 217 Å². The highest BCUT2D eigenvalue weighted by Crippen LogP contribution is 2.40. The molecule has 5 rings (SSSR count). The number of oxazole rings is 1. The fraction of sp³-hybridized carbons (Fsp3) is 0.429. The Morgan fingerprint density at radius 3 is 2.38 bits per heavy atom. The van der Waals surface area contributed by atoms with Gasteiger partial charge in [0.1, 0.15) is 6.26 Å². The normalized spacial score (nSPS) is 15.9. The molecule has 0 bridgehead atoms. The van der Waals surface area contributed by atoms with Gasteiger partial charge in [0.15, 0.2) is 17.2 Å². The summed E-state index contributed by atoms with van der Waals surface area (Å²) in [6, 6.07) is 10.1. The van der Waals surface area contributed by atoms with Gasteiger partial charge >= 0.3 is 0 Å². The van der Waals surface area contributed by atoms with Gasteiger partial charge < -0.3 is 23.9 Å². The quantitative estimate of drug-likeness (QED) is 0.469. The number of rotatable bonds is 9. The monoisotopic (exact) mass is 506 g/mol. The van der Waals surface area contributed by atoms with Crippen LogP contribution >= 0.6 is 0 Å². The van der Waals surface area contributed by atoms with E-state index < -0.39 is 0 Å². The van der Waals surface area contributed by atoms with E-state index in [1.54, 1.807) is 21.3 Å². The SMILES string of the molecule is COc1ccc(CN2CCN(Cc3nc(C(=O)Nc4ccc5c(c4)CCC5)co3)CC2)c(OC)c1OC. The smallest absolute Gasteiger partial charge is 0.277 e. The van der Waals surface area contributed by atoms with Gasteiger partial charge in [-0.25, -0.2) is 4.98 Å². The van der Waals surface area contributed by atoms with Gasteiger partial charge in [0, 0.05) is 44.0 Å². The maximum Gasteiger partial charge on any atom is 0.277 e. The molecule has 0 radical (unpaired) electrons. The van der Waals surface area contributed by atoms with Crippen molar-refractivity contribution >= 4 is 11.6 Å². The van der Waals surface area contributed by atoms with E-state index >= 15 is 0 Å². The number of benzene rings is 2. The molecule has 2 aromatic carbocycles. The van der Waals surface area contributed by atoms with Crippen molar-refractivity contribution in [3.63, 3.8) is 0 Å². The average molecular weight is 507 g/mol. The van der Waals surface area contributed by atoms with Crippen molar-refractivity contribution in [2.24, 2.45) is 0 Å². The number of aryl methyl sites for hydroxylation is 2.